The van der Waals surface area contributed by atoms with E-state index in [-0.39, 0.29) is 4.90 Å². The third kappa shape index (κ3) is 2.34. The summed E-state index contributed by atoms with van der Waals surface area (Å²) >= 11 is 0. The summed E-state index contributed by atoms with van der Waals surface area (Å²) in [5.74, 6) is 0. The molecule has 0 amide bonds. The third-order valence-electron chi connectivity index (χ3n) is 3.42. The summed E-state index contributed by atoms with van der Waals surface area (Å²) in [6.07, 6.45) is 0.515. The molecule has 0 radical (unpaired) electrons. The first kappa shape index (κ1) is 13.9. The zero-order valence-corrected chi connectivity index (χ0v) is 12.3. The molecule has 0 fully saturated rings. The van der Waals surface area contributed by atoms with E-state index in [0.717, 1.165) is 5.39 Å². The molecule has 0 aliphatic carbocycles. The van der Waals surface area contributed by atoms with E-state index in [9.17, 15) is 8.42 Å². The number of benzene rings is 2. The normalized spacial score (nSPS) is 11.9. The number of nitrogens with zero attached hydrogens (tertiary/aromatic N) is 1. The van der Waals surface area contributed by atoms with Gasteiger partial charge < -0.3 is 5.73 Å². The summed E-state index contributed by atoms with van der Waals surface area (Å²) in [6, 6.07) is 17.8. The van der Waals surface area contributed by atoms with Crippen molar-refractivity contribution in [1.29, 1.82) is 0 Å². The Bertz CT molecular complexity index is 868. The van der Waals surface area contributed by atoms with Crippen molar-refractivity contribution in [2.24, 2.45) is 5.73 Å². The van der Waals surface area contributed by atoms with Gasteiger partial charge in [0.1, 0.15) is 0 Å². The second kappa shape index (κ2) is 5.35. The molecule has 1 aromatic heterocycles. The lowest BCUT2D eigenvalue weighted by atomic mass is 10.2. The van der Waals surface area contributed by atoms with E-state index < -0.39 is 10.0 Å². The number of hydrogen-bond donors (Lipinski definition) is 1. The van der Waals surface area contributed by atoms with Gasteiger partial charge in [-0.05, 0) is 30.8 Å². The smallest absolute Gasteiger partial charge is 0.268 e. The molecule has 108 valence electrons. The second-order valence-corrected chi connectivity index (χ2v) is 6.60. The largest absolute Gasteiger partial charge is 0.330 e. The number of nitrogens with two attached hydrogens (primary N) is 1. The van der Waals surface area contributed by atoms with Crippen LogP contribution in [0.5, 0.6) is 0 Å². The van der Waals surface area contributed by atoms with Crippen LogP contribution in [0, 0.1) is 0 Å². The topological polar surface area (TPSA) is 65.1 Å². The highest BCUT2D eigenvalue weighted by atomic mass is 32.2. The highest BCUT2D eigenvalue weighted by Gasteiger charge is 2.22. The van der Waals surface area contributed by atoms with E-state index in [0.29, 0.717) is 24.2 Å². The number of rotatable bonds is 4. The van der Waals surface area contributed by atoms with E-state index in [4.69, 9.17) is 5.73 Å². The lowest BCUT2D eigenvalue weighted by Crippen LogP contribution is -2.17. The Morgan fingerprint density at radius 1 is 0.952 bits per heavy atom. The Kier molecular flexibility index (Phi) is 3.53. The van der Waals surface area contributed by atoms with Crippen LogP contribution in [0.1, 0.15) is 5.69 Å². The van der Waals surface area contributed by atoms with Crippen molar-refractivity contribution in [3.05, 3.63) is 66.4 Å². The first-order chi connectivity index (χ1) is 10.1. The zero-order valence-electron chi connectivity index (χ0n) is 11.4. The summed E-state index contributed by atoms with van der Waals surface area (Å²) in [7, 11) is -3.61. The number of hydrogen-bond acceptors (Lipinski definition) is 3. The van der Waals surface area contributed by atoms with Crippen LogP contribution in [0.2, 0.25) is 0 Å². The first-order valence-electron chi connectivity index (χ1n) is 6.74. The van der Waals surface area contributed by atoms with E-state index >= 15 is 0 Å². The molecule has 3 aromatic rings. The molecular formula is C16H16N2O2S. The van der Waals surface area contributed by atoms with Crippen LogP contribution in [-0.4, -0.2) is 18.9 Å². The van der Waals surface area contributed by atoms with Gasteiger partial charge in [0.15, 0.2) is 0 Å². The van der Waals surface area contributed by atoms with E-state index in [2.05, 4.69) is 0 Å². The molecule has 0 spiro atoms. The van der Waals surface area contributed by atoms with Gasteiger partial charge in [-0.25, -0.2) is 12.4 Å². The molecule has 3 rings (SSSR count). The molecule has 2 N–H and O–H groups in total. The van der Waals surface area contributed by atoms with Gasteiger partial charge in [-0.1, -0.05) is 36.4 Å². The number of fused-ring (bicyclic) bond motifs is 1. The van der Waals surface area contributed by atoms with E-state index in [1.54, 1.807) is 30.3 Å². The molecule has 0 aliphatic rings. The molecule has 0 bridgehead atoms. The van der Waals surface area contributed by atoms with Gasteiger partial charge in [-0.3, -0.25) is 0 Å². The highest BCUT2D eigenvalue weighted by Crippen LogP contribution is 2.25. The van der Waals surface area contributed by atoms with Crippen molar-refractivity contribution in [3.8, 4) is 0 Å². The average molecular weight is 300 g/mol. The fraction of sp³-hybridized carbons (Fsp3) is 0.125. The van der Waals surface area contributed by atoms with Gasteiger partial charge in [0.25, 0.3) is 10.0 Å². The lowest BCUT2D eigenvalue weighted by Gasteiger charge is -2.11. The van der Waals surface area contributed by atoms with Crippen LogP contribution in [0.4, 0.5) is 0 Å². The molecule has 0 unspecified atom stereocenters. The molecule has 2 aromatic carbocycles. The van der Waals surface area contributed by atoms with Crippen molar-refractivity contribution >= 4 is 20.9 Å². The Labute approximate surface area is 123 Å². The fourth-order valence-electron chi connectivity index (χ4n) is 2.49. The van der Waals surface area contributed by atoms with Crippen LogP contribution < -0.4 is 5.73 Å². The fourth-order valence-corrected chi connectivity index (χ4v) is 4.08. The summed E-state index contributed by atoms with van der Waals surface area (Å²) in [5.41, 5.74) is 7.02. The van der Waals surface area contributed by atoms with Crippen LogP contribution in [0.3, 0.4) is 0 Å². The van der Waals surface area contributed by atoms with Gasteiger partial charge >= 0.3 is 0 Å². The second-order valence-electron chi connectivity index (χ2n) is 4.82. The predicted molar refractivity (Wildman–Crippen MR) is 83.7 cm³/mol. The van der Waals surface area contributed by atoms with E-state index in [1.165, 1.54) is 3.97 Å². The molecule has 4 nitrogen and oxygen atoms in total. The van der Waals surface area contributed by atoms with Gasteiger partial charge in [-0.15, -0.1) is 0 Å². The molecule has 1 heterocycles. The van der Waals surface area contributed by atoms with Crippen LogP contribution in [0.15, 0.2) is 65.6 Å². The van der Waals surface area contributed by atoms with Crippen molar-refractivity contribution in [2.45, 2.75) is 11.3 Å². The Balaban J connectivity index is 2.30. The maximum absolute atomic E-state index is 12.9. The van der Waals surface area contributed by atoms with Crippen LogP contribution >= 0.6 is 0 Å². The molecule has 21 heavy (non-hydrogen) atoms. The van der Waals surface area contributed by atoms with Gasteiger partial charge in [-0.2, -0.15) is 0 Å². The molecule has 0 aliphatic heterocycles. The van der Waals surface area contributed by atoms with E-state index in [1.807, 2.05) is 30.3 Å². The minimum Gasteiger partial charge on any atom is -0.330 e. The monoisotopic (exact) mass is 300 g/mol. The lowest BCUT2D eigenvalue weighted by molar-refractivity contribution is 0.587. The van der Waals surface area contributed by atoms with Crippen molar-refractivity contribution < 1.29 is 8.42 Å². The molecule has 0 atom stereocenters. The molecule has 0 saturated carbocycles. The average Bonchev–Trinajstić information content (AvgIpc) is 2.87. The minimum absolute atomic E-state index is 0.282. The van der Waals surface area contributed by atoms with Gasteiger partial charge in [0, 0.05) is 17.5 Å². The Morgan fingerprint density at radius 3 is 2.33 bits per heavy atom. The summed E-state index contributed by atoms with van der Waals surface area (Å²) in [6.45, 7) is 0.403. The minimum atomic E-state index is -3.61. The molecule has 0 saturated heterocycles. The first-order valence-corrected chi connectivity index (χ1v) is 8.18. The summed E-state index contributed by atoms with van der Waals surface area (Å²) in [4.78, 5) is 0.282. The SMILES string of the molecule is NCCc1cc2ccccc2n1S(=O)(=O)c1ccccc1. The highest BCUT2D eigenvalue weighted by molar-refractivity contribution is 7.90. The van der Waals surface area contributed by atoms with Crippen molar-refractivity contribution in [1.82, 2.24) is 3.97 Å². The maximum atomic E-state index is 12.9. The summed E-state index contributed by atoms with van der Waals surface area (Å²) in [5, 5.41) is 0.903. The third-order valence-corrected chi connectivity index (χ3v) is 5.20. The summed E-state index contributed by atoms with van der Waals surface area (Å²) < 4.78 is 27.3. The standard InChI is InChI=1S/C16H16N2O2S/c17-11-10-14-12-13-6-4-5-9-16(13)18(14)21(19,20)15-7-2-1-3-8-15/h1-9,12H,10-11,17H2. The Morgan fingerprint density at radius 2 is 1.62 bits per heavy atom. The van der Waals surface area contributed by atoms with Gasteiger partial charge in [0.2, 0.25) is 0 Å². The van der Waals surface area contributed by atoms with Crippen molar-refractivity contribution in [3.63, 3.8) is 0 Å². The Hall–Kier alpha value is -2.11. The van der Waals surface area contributed by atoms with Crippen molar-refractivity contribution in [2.75, 3.05) is 6.54 Å². The number of para-hydroxylation sites is 1. The van der Waals surface area contributed by atoms with Gasteiger partial charge in [0.05, 0.1) is 10.4 Å². The zero-order chi connectivity index (χ0) is 14.9. The molecular weight excluding hydrogens is 284 g/mol. The van der Waals surface area contributed by atoms with Crippen LogP contribution in [-0.2, 0) is 16.4 Å². The predicted octanol–water partition coefficient (Wildman–Crippen LogP) is 2.38. The number of aromatic nitrogens is 1. The molecule has 5 heteroatoms. The quantitative estimate of drug-likeness (QED) is 0.804. The maximum Gasteiger partial charge on any atom is 0.268 e. The van der Waals surface area contributed by atoms with Crippen LogP contribution in [0.25, 0.3) is 10.9 Å².